The van der Waals surface area contributed by atoms with Crippen molar-refractivity contribution in [3.63, 3.8) is 0 Å². The van der Waals surface area contributed by atoms with Crippen molar-refractivity contribution >= 4 is 16.4 Å². The van der Waals surface area contributed by atoms with Crippen molar-refractivity contribution in [2.24, 2.45) is 33.5 Å². The van der Waals surface area contributed by atoms with Crippen molar-refractivity contribution in [3.05, 3.63) is 23.8 Å². The van der Waals surface area contributed by atoms with E-state index in [1.807, 2.05) is 20.8 Å². The number of allylic oxidation sites excluding steroid dienone is 1. The van der Waals surface area contributed by atoms with Crippen LogP contribution < -0.4 is 0 Å². The van der Waals surface area contributed by atoms with Crippen molar-refractivity contribution in [1.82, 2.24) is 0 Å². The summed E-state index contributed by atoms with van der Waals surface area (Å²) in [6.07, 6.45) is -26.6. The Kier molecular flexibility index (Phi) is 18.0. The molecule has 5 aliphatic heterocycles. The number of rotatable bonds is 16. The van der Waals surface area contributed by atoms with Crippen LogP contribution in [0.4, 0.5) is 0 Å². The second-order valence-corrected chi connectivity index (χ2v) is 27.1. The van der Waals surface area contributed by atoms with Crippen LogP contribution in [-0.4, -0.2) is 253 Å². The SMILES string of the molecule is COC1C(O)C(CO)OC(OC2C(O)C(CO)OC(OC3C(C)OC(OC4C(OC5CCC6(C)C7=CC(O)C89C(=O)OC(C)(C=CCC(C)(C)O)C8(O)CCC9(C)C7CCC6C5(C)C)OCC(OS(=O)(=O)O)C4O)C(O)C3O)C2O)C1O. The molecule has 82 heavy (non-hydrogen) atoms. The van der Waals surface area contributed by atoms with Crippen molar-refractivity contribution in [1.29, 1.82) is 0 Å². The Morgan fingerprint density at radius 2 is 1.30 bits per heavy atom. The van der Waals surface area contributed by atoms with Crippen molar-refractivity contribution in [2.45, 2.75) is 246 Å². The average Bonchev–Trinajstić information content (AvgIpc) is 1.50. The molecule has 0 radical (unpaired) electrons. The van der Waals surface area contributed by atoms with Crippen molar-refractivity contribution < 1.29 is 131 Å². The van der Waals surface area contributed by atoms with E-state index < -0.39 is 204 Å². The van der Waals surface area contributed by atoms with E-state index in [0.29, 0.717) is 32.1 Å². The van der Waals surface area contributed by atoms with Gasteiger partial charge in [-0.1, -0.05) is 45.4 Å². The third-order valence-electron chi connectivity index (χ3n) is 20.3. The molecule has 0 bridgehead atoms. The van der Waals surface area contributed by atoms with E-state index in [1.165, 1.54) is 14.0 Å². The fraction of sp³-hybridized carbons (Fsp3) is 0.907. The zero-order chi connectivity index (χ0) is 60.4. The first kappa shape index (κ1) is 64.5. The average molecular weight is 1200 g/mol. The first-order chi connectivity index (χ1) is 38.1. The largest absolute Gasteiger partial charge is 0.451 e. The topological polar surface area (TPSA) is 416 Å². The highest BCUT2D eigenvalue weighted by Crippen LogP contribution is 2.77. The summed E-state index contributed by atoms with van der Waals surface area (Å²) in [4.78, 5) is 14.5. The lowest BCUT2D eigenvalue weighted by Gasteiger charge is -2.64. The smallest absolute Gasteiger partial charge is 0.397 e. The normalized spacial score (nSPS) is 51.4. The molecule has 27 nitrogen and oxygen atoms in total. The van der Waals surface area contributed by atoms with E-state index in [1.54, 1.807) is 39.0 Å². The maximum atomic E-state index is 14.5. The summed E-state index contributed by atoms with van der Waals surface area (Å²) in [6, 6.07) is 0. The molecule has 28 unspecified atom stereocenters. The number of aliphatic hydroxyl groups is 12. The number of carbonyl (C=O) groups is 1. The van der Waals surface area contributed by atoms with E-state index in [-0.39, 0.29) is 24.7 Å². The molecular formula is C54H86O27S. The Bertz CT molecular complexity index is 2480. The van der Waals surface area contributed by atoms with Gasteiger partial charge in [-0.05, 0) is 107 Å². The molecule has 5 heterocycles. The highest BCUT2D eigenvalue weighted by molar-refractivity contribution is 7.80. The molecule has 1 spiro atoms. The van der Waals surface area contributed by atoms with E-state index in [9.17, 15) is 79.0 Å². The van der Waals surface area contributed by atoms with Crippen LogP contribution in [0.25, 0.3) is 0 Å². The van der Waals surface area contributed by atoms with Gasteiger partial charge < -0.3 is 109 Å². The minimum absolute atomic E-state index is 0.149. The number of methoxy groups -OCH3 is 1. The van der Waals surface area contributed by atoms with Gasteiger partial charge in [-0.15, -0.1) is 0 Å². The van der Waals surface area contributed by atoms with Gasteiger partial charge >= 0.3 is 16.4 Å². The Balaban J connectivity index is 0.915. The molecule has 4 aliphatic carbocycles. The Morgan fingerprint density at radius 3 is 1.90 bits per heavy atom. The zero-order valence-electron chi connectivity index (χ0n) is 47.5. The predicted octanol–water partition coefficient (Wildman–Crippen LogP) is -2.50. The Labute approximate surface area is 475 Å². The number of carbonyl (C=O) groups excluding carboxylic acids is 1. The number of esters is 1. The molecule has 470 valence electrons. The number of aliphatic hydroxyl groups excluding tert-OH is 10. The van der Waals surface area contributed by atoms with Gasteiger partial charge in [-0.25, -0.2) is 4.18 Å². The van der Waals surface area contributed by atoms with Crippen LogP contribution in [0.1, 0.15) is 100 Å². The number of ether oxygens (including phenoxy) is 10. The lowest BCUT2D eigenvalue weighted by molar-refractivity contribution is -0.389. The second kappa shape index (κ2) is 22.8. The third kappa shape index (κ3) is 10.5. The van der Waals surface area contributed by atoms with Gasteiger partial charge in [-0.2, -0.15) is 8.42 Å². The molecule has 9 aliphatic rings. The molecule has 9 rings (SSSR count). The van der Waals surface area contributed by atoms with Crippen molar-refractivity contribution in [3.8, 4) is 0 Å². The summed E-state index contributed by atoms with van der Waals surface area (Å²) in [5.41, 5.74) is -7.33. The van der Waals surface area contributed by atoms with Gasteiger partial charge in [0.2, 0.25) is 0 Å². The van der Waals surface area contributed by atoms with E-state index in [0.717, 1.165) is 5.57 Å². The fourth-order valence-electron chi connectivity index (χ4n) is 16.0. The van der Waals surface area contributed by atoms with Gasteiger partial charge in [0, 0.05) is 7.11 Å². The second-order valence-electron chi connectivity index (χ2n) is 26.0. The molecule has 8 fully saturated rings. The Hall–Kier alpha value is -2.02. The summed E-state index contributed by atoms with van der Waals surface area (Å²) in [5, 5.41) is 135. The molecule has 0 aromatic heterocycles. The maximum Gasteiger partial charge on any atom is 0.397 e. The molecule has 0 aromatic carbocycles. The van der Waals surface area contributed by atoms with Gasteiger partial charge in [-0.3, -0.25) is 9.35 Å². The lowest BCUT2D eigenvalue weighted by atomic mass is 9.40. The molecule has 3 saturated carbocycles. The van der Waals surface area contributed by atoms with Crippen LogP contribution in [-0.2, 0) is 66.7 Å². The highest BCUT2D eigenvalue weighted by atomic mass is 32.3. The van der Waals surface area contributed by atoms with E-state index in [2.05, 4.69) is 6.92 Å². The van der Waals surface area contributed by atoms with Crippen LogP contribution >= 0.6 is 0 Å². The Morgan fingerprint density at radius 1 is 0.720 bits per heavy atom. The molecule has 28 heteroatoms. The van der Waals surface area contributed by atoms with Crippen LogP contribution in [0.3, 0.4) is 0 Å². The summed E-state index contributed by atoms with van der Waals surface area (Å²) in [5.74, 6) is -1.07. The van der Waals surface area contributed by atoms with Crippen LogP contribution in [0.15, 0.2) is 23.8 Å². The van der Waals surface area contributed by atoms with Gasteiger partial charge in [0.05, 0.1) is 43.7 Å². The molecule has 13 N–H and O–H groups in total. The van der Waals surface area contributed by atoms with E-state index >= 15 is 0 Å². The number of hydrogen-bond donors (Lipinski definition) is 13. The van der Waals surface area contributed by atoms with Crippen molar-refractivity contribution in [2.75, 3.05) is 26.9 Å². The molecule has 0 aromatic rings. The van der Waals surface area contributed by atoms with Gasteiger partial charge in [0.15, 0.2) is 30.8 Å². The molecule has 0 amide bonds. The number of cyclic esters (lactones) is 1. The summed E-state index contributed by atoms with van der Waals surface area (Å²) >= 11 is 0. The molecule has 28 atom stereocenters. The summed E-state index contributed by atoms with van der Waals surface area (Å²) in [6.45, 7) is 12.2. The maximum absolute atomic E-state index is 14.5. The number of hydrogen-bond acceptors (Lipinski definition) is 26. The monoisotopic (exact) mass is 1200 g/mol. The predicted molar refractivity (Wildman–Crippen MR) is 275 cm³/mol. The standard InChI is InChI=1S/C54H86O27S/c1-23-39(77-45-38(64)41(33(59)27(21-56)75-45)78-44-37(63)40(71-9)32(58)26(20-55)74-44)35(61)36(62)43(73-23)79-42-34(60)28(81-82(68,69)70)22-72-46(42)76-31-13-16-50(6)25-19-30(57)54-47(65)80-52(8,15-10-14-48(2,3)66)53(54,67)18-17-51(54,7)24(25)11-12-29(50)49(31,4)5/h10,15,19,23-24,26-46,55-64,66-67H,11-14,16-18,20-22H2,1-9H3,(H,68,69,70). The first-order valence-corrected chi connectivity index (χ1v) is 29.6. The quantitative estimate of drug-likeness (QED) is 0.0329. The van der Waals surface area contributed by atoms with E-state index in [4.69, 9.17) is 51.6 Å². The van der Waals surface area contributed by atoms with Gasteiger partial charge in [0.1, 0.15) is 96.5 Å². The molecular weight excluding hydrogens is 1110 g/mol. The van der Waals surface area contributed by atoms with Gasteiger partial charge in [0.25, 0.3) is 0 Å². The fourth-order valence-corrected chi connectivity index (χ4v) is 16.5. The minimum atomic E-state index is -5.20. The van der Waals surface area contributed by atoms with Crippen LogP contribution in [0, 0.1) is 33.5 Å². The minimum Gasteiger partial charge on any atom is -0.451 e. The first-order valence-electron chi connectivity index (χ1n) is 28.2. The third-order valence-corrected chi connectivity index (χ3v) is 20.8. The zero-order valence-corrected chi connectivity index (χ0v) is 48.3. The van der Waals surface area contributed by atoms with Crippen LogP contribution in [0.2, 0.25) is 0 Å². The number of fused-ring (bicyclic) bond motifs is 4. The summed E-state index contributed by atoms with van der Waals surface area (Å²) in [7, 11) is -4.02. The lowest BCUT2D eigenvalue weighted by Crippen LogP contribution is -2.68. The highest BCUT2D eigenvalue weighted by Gasteiger charge is 2.85. The molecule has 5 saturated heterocycles. The summed E-state index contributed by atoms with van der Waals surface area (Å²) < 4.78 is 97.7. The van der Waals surface area contributed by atoms with Crippen LogP contribution in [0.5, 0.6) is 0 Å².